The van der Waals surface area contributed by atoms with Gasteiger partial charge in [0, 0.05) is 26.9 Å². The van der Waals surface area contributed by atoms with Gasteiger partial charge in [-0.2, -0.15) is 0 Å². The predicted octanol–water partition coefficient (Wildman–Crippen LogP) is 4.47. The average Bonchev–Trinajstić information content (AvgIpc) is 2.71. The first kappa shape index (κ1) is 18.2. The molecule has 1 aliphatic heterocycles. The Labute approximate surface area is 166 Å². The van der Waals surface area contributed by atoms with Crippen LogP contribution in [0.2, 0.25) is 5.02 Å². The molecule has 0 radical (unpaired) electrons. The van der Waals surface area contributed by atoms with Gasteiger partial charge in [0.05, 0.1) is 18.7 Å². The van der Waals surface area contributed by atoms with E-state index in [1.165, 1.54) is 4.90 Å². The van der Waals surface area contributed by atoms with Gasteiger partial charge in [-0.05, 0) is 42.8 Å². The van der Waals surface area contributed by atoms with Crippen LogP contribution in [0.5, 0.6) is 0 Å². The van der Waals surface area contributed by atoms with Crippen molar-refractivity contribution in [2.45, 2.75) is 13.5 Å². The van der Waals surface area contributed by atoms with Crippen molar-refractivity contribution in [3.05, 3.63) is 81.9 Å². The van der Waals surface area contributed by atoms with E-state index >= 15 is 0 Å². The predicted molar refractivity (Wildman–Crippen MR) is 106 cm³/mol. The molecule has 0 atom stereocenters. The maximum absolute atomic E-state index is 13.0. The molecule has 0 fully saturated rings. The Morgan fingerprint density at radius 2 is 1.64 bits per heavy atom. The maximum atomic E-state index is 13.0. The summed E-state index contributed by atoms with van der Waals surface area (Å²) in [5.41, 5.74) is 2.07. The van der Waals surface area contributed by atoms with Crippen LogP contribution < -0.4 is 0 Å². The molecule has 28 heavy (non-hydrogen) atoms. The second-order valence-electron chi connectivity index (χ2n) is 6.44. The first-order valence-electron chi connectivity index (χ1n) is 8.84. The maximum Gasteiger partial charge on any atom is 0.338 e. The van der Waals surface area contributed by atoms with E-state index in [1.54, 1.807) is 61.5 Å². The summed E-state index contributed by atoms with van der Waals surface area (Å²) in [4.78, 5) is 38.9. The van der Waals surface area contributed by atoms with Gasteiger partial charge in [-0.3, -0.25) is 14.5 Å². The molecular formula is C22H16ClNO4. The molecule has 0 saturated carbocycles. The number of imide groups is 1. The fraction of sp³-hybridized carbons (Fsp3) is 0.136. The third kappa shape index (κ3) is 2.94. The number of nitrogens with zero attached hydrogens (tertiary/aromatic N) is 1. The molecule has 0 bridgehead atoms. The van der Waals surface area contributed by atoms with Crippen LogP contribution in [-0.4, -0.2) is 29.3 Å². The van der Waals surface area contributed by atoms with Crippen molar-refractivity contribution in [2.75, 3.05) is 6.61 Å². The molecule has 0 aliphatic carbocycles. The first-order valence-corrected chi connectivity index (χ1v) is 9.22. The lowest BCUT2D eigenvalue weighted by molar-refractivity contribution is 0.0523. The Balaban J connectivity index is 1.67. The minimum atomic E-state index is -0.406. The summed E-state index contributed by atoms with van der Waals surface area (Å²) >= 11 is 6.23. The molecular weight excluding hydrogens is 378 g/mol. The summed E-state index contributed by atoms with van der Waals surface area (Å²) in [5.74, 6) is -1.13. The van der Waals surface area contributed by atoms with E-state index in [0.717, 1.165) is 5.56 Å². The summed E-state index contributed by atoms with van der Waals surface area (Å²) in [6.07, 6.45) is 0. The Morgan fingerprint density at radius 1 is 0.964 bits per heavy atom. The zero-order valence-electron chi connectivity index (χ0n) is 15.1. The fourth-order valence-electron chi connectivity index (χ4n) is 3.40. The highest BCUT2D eigenvalue weighted by Crippen LogP contribution is 2.34. The van der Waals surface area contributed by atoms with Gasteiger partial charge >= 0.3 is 5.97 Å². The minimum Gasteiger partial charge on any atom is -0.462 e. The highest BCUT2D eigenvalue weighted by atomic mass is 35.5. The molecule has 0 unspecified atom stereocenters. The molecule has 5 nitrogen and oxygen atoms in total. The molecule has 1 aliphatic rings. The molecule has 0 saturated heterocycles. The quantitative estimate of drug-likeness (QED) is 0.484. The van der Waals surface area contributed by atoms with Gasteiger partial charge in [-0.25, -0.2) is 4.79 Å². The number of benzene rings is 3. The lowest BCUT2D eigenvalue weighted by atomic mass is 9.93. The van der Waals surface area contributed by atoms with Crippen molar-refractivity contribution in [1.29, 1.82) is 0 Å². The summed E-state index contributed by atoms with van der Waals surface area (Å²) < 4.78 is 4.96. The van der Waals surface area contributed by atoms with Crippen molar-refractivity contribution in [1.82, 2.24) is 4.90 Å². The Morgan fingerprint density at radius 3 is 2.32 bits per heavy atom. The second-order valence-corrected chi connectivity index (χ2v) is 6.84. The molecule has 3 aromatic rings. The van der Waals surface area contributed by atoms with Gasteiger partial charge in [0.15, 0.2) is 0 Å². The van der Waals surface area contributed by atoms with Crippen LogP contribution in [0.25, 0.3) is 10.8 Å². The smallest absolute Gasteiger partial charge is 0.338 e. The van der Waals surface area contributed by atoms with Crippen molar-refractivity contribution in [3.63, 3.8) is 0 Å². The monoisotopic (exact) mass is 393 g/mol. The van der Waals surface area contributed by atoms with Crippen molar-refractivity contribution in [3.8, 4) is 0 Å². The molecule has 6 heteroatoms. The van der Waals surface area contributed by atoms with Crippen LogP contribution >= 0.6 is 11.6 Å². The van der Waals surface area contributed by atoms with E-state index in [9.17, 15) is 14.4 Å². The van der Waals surface area contributed by atoms with E-state index in [-0.39, 0.29) is 18.4 Å². The zero-order valence-corrected chi connectivity index (χ0v) is 15.8. The molecule has 2 amide bonds. The average molecular weight is 394 g/mol. The molecule has 0 aromatic heterocycles. The standard InChI is InChI=1S/C22H16ClNO4/c1-2-28-22(27)14-8-6-13(7-9-14)12-24-20(25)16-5-3-4-15-18(23)11-10-17(19(15)16)21(24)26/h3-11H,2,12H2,1H3. The fourth-order valence-corrected chi connectivity index (χ4v) is 3.62. The molecule has 0 spiro atoms. The summed E-state index contributed by atoms with van der Waals surface area (Å²) in [6, 6.07) is 15.3. The SMILES string of the molecule is CCOC(=O)c1ccc(CN2C(=O)c3cccc4c(Cl)ccc(c34)C2=O)cc1. The number of carbonyl (C=O) groups excluding carboxylic acids is 3. The topological polar surface area (TPSA) is 63.7 Å². The van der Waals surface area contributed by atoms with Gasteiger partial charge in [0.25, 0.3) is 11.8 Å². The minimum absolute atomic E-state index is 0.110. The molecule has 4 rings (SSSR count). The number of esters is 1. The van der Waals surface area contributed by atoms with E-state index in [0.29, 0.717) is 39.1 Å². The highest BCUT2D eigenvalue weighted by Gasteiger charge is 2.33. The van der Waals surface area contributed by atoms with Gasteiger partial charge in [-0.15, -0.1) is 0 Å². The molecule has 140 valence electrons. The van der Waals surface area contributed by atoms with Crippen LogP contribution in [0.1, 0.15) is 43.6 Å². The van der Waals surface area contributed by atoms with Gasteiger partial charge in [-0.1, -0.05) is 35.9 Å². The van der Waals surface area contributed by atoms with Crippen molar-refractivity contribution in [2.24, 2.45) is 0 Å². The van der Waals surface area contributed by atoms with Crippen molar-refractivity contribution < 1.29 is 19.1 Å². The third-order valence-corrected chi connectivity index (χ3v) is 5.07. The number of carbonyl (C=O) groups is 3. The normalized spacial score (nSPS) is 13.1. The Kier molecular flexibility index (Phi) is 4.61. The number of hydrogen-bond acceptors (Lipinski definition) is 4. The van der Waals surface area contributed by atoms with E-state index in [4.69, 9.17) is 16.3 Å². The van der Waals surface area contributed by atoms with Crippen LogP contribution in [0, 0.1) is 0 Å². The molecule has 1 heterocycles. The van der Waals surface area contributed by atoms with Crippen LogP contribution in [0.3, 0.4) is 0 Å². The lowest BCUT2D eigenvalue weighted by Gasteiger charge is -2.27. The van der Waals surface area contributed by atoms with Gasteiger partial charge in [0.1, 0.15) is 0 Å². The number of amides is 2. The summed E-state index contributed by atoms with van der Waals surface area (Å²) in [6.45, 7) is 2.15. The van der Waals surface area contributed by atoms with Crippen molar-refractivity contribution >= 4 is 40.2 Å². The van der Waals surface area contributed by atoms with Gasteiger partial charge < -0.3 is 4.74 Å². The third-order valence-electron chi connectivity index (χ3n) is 4.74. The Hall–Kier alpha value is -3.18. The van der Waals surface area contributed by atoms with Gasteiger partial charge in [0.2, 0.25) is 0 Å². The largest absolute Gasteiger partial charge is 0.462 e. The lowest BCUT2D eigenvalue weighted by Crippen LogP contribution is -2.39. The number of hydrogen-bond donors (Lipinski definition) is 0. The molecule has 3 aromatic carbocycles. The first-order chi connectivity index (χ1) is 13.5. The van der Waals surface area contributed by atoms with E-state index in [1.807, 2.05) is 0 Å². The summed E-state index contributed by atoms with van der Waals surface area (Å²) in [7, 11) is 0. The zero-order chi connectivity index (χ0) is 19.8. The molecule has 0 N–H and O–H groups in total. The van der Waals surface area contributed by atoms with Crippen LogP contribution in [0.15, 0.2) is 54.6 Å². The van der Waals surface area contributed by atoms with E-state index < -0.39 is 5.97 Å². The van der Waals surface area contributed by atoms with Crippen LogP contribution in [0.4, 0.5) is 0 Å². The highest BCUT2D eigenvalue weighted by molar-refractivity contribution is 6.38. The van der Waals surface area contributed by atoms with Crippen LogP contribution in [-0.2, 0) is 11.3 Å². The summed E-state index contributed by atoms with van der Waals surface area (Å²) in [5, 5.41) is 1.79. The number of halogens is 1. The Bertz CT molecular complexity index is 1100. The van der Waals surface area contributed by atoms with E-state index in [2.05, 4.69) is 0 Å². The number of rotatable bonds is 4. The number of ether oxygens (including phenoxy) is 1. The second kappa shape index (κ2) is 7.09.